The summed E-state index contributed by atoms with van der Waals surface area (Å²) in [7, 11) is -4.19. The normalized spacial score (nSPS) is 13.6. The number of pyridine rings is 1. The van der Waals surface area contributed by atoms with Crippen LogP contribution in [0.25, 0.3) is 5.65 Å². The first-order valence-corrected chi connectivity index (χ1v) is 9.46. The van der Waals surface area contributed by atoms with Gasteiger partial charge in [-0.3, -0.25) is 9.59 Å². The maximum absolute atomic E-state index is 12.5. The van der Waals surface area contributed by atoms with Gasteiger partial charge >= 0.3 is 0 Å². The maximum Gasteiger partial charge on any atom is 0.285 e. The molecule has 11 heteroatoms. The summed E-state index contributed by atoms with van der Waals surface area (Å²) in [5.74, 6) is -0.950. The van der Waals surface area contributed by atoms with Crippen LogP contribution in [0.15, 0.2) is 47.6 Å². The lowest BCUT2D eigenvalue weighted by Gasteiger charge is -2.18. The molecule has 3 heterocycles. The van der Waals surface area contributed by atoms with Gasteiger partial charge in [0, 0.05) is 12.4 Å². The number of carbonyl (C=O) groups excluding carboxylic acids is 2. The average Bonchev–Trinajstić information content (AvgIpc) is 3.04. The third-order valence-electron chi connectivity index (χ3n) is 3.77. The molecule has 4 rings (SSSR count). The molecule has 1 aliphatic rings. The van der Waals surface area contributed by atoms with Gasteiger partial charge in [0.25, 0.3) is 21.8 Å². The molecule has 0 aliphatic carbocycles. The summed E-state index contributed by atoms with van der Waals surface area (Å²) in [6, 6.07) is 7.09. The van der Waals surface area contributed by atoms with Crippen molar-refractivity contribution in [3.8, 4) is 5.75 Å². The molecule has 0 spiro atoms. The van der Waals surface area contributed by atoms with Gasteiger partial charge in [0.05, 0.1) is 15.6 Å². The number of anilines is 1. The summed E-state index contributed by atoms with van der Waals surface area (Å²) in [5, 5.41) is 2.95. The van der Waals surface area contributed by atoms with E-state index in [4.69, 9.17) is 16.3 Å². The van der Waals surface area contributed by atoms with Crippen LogP contribution in [-0.4, -0.2) is 36.2 Å². The standard InChI is InChI=1S/C16H11ClN4O5S/c17-9-1-4-14-18-12(7-21(14)6-9)16(23)20-27(24,25)10-2-3-13-11(5-10)19-15(22)8-26-13/h1-7H,8H2,(H,19,22)(H,20,23). The van der Waals surface area contributed by atoms with Crippen LogP contribution in [0.1, 0.15) is 10.5 Å². The second-order valence-corrected chi connectivity index (χ2v) is 7.79. The Kier molecular flexibility index (Phi) is 4.01. The molecule has 0 fully saturated rings. The number of amides is 2. The van der Waals surface area contributed by atoms with Gasteiger partial charge in [0.1, 0.15) is 17.1 Å². The Morgan fingerprint density at radius 1 is 1.26 bits per heavy atom. The molecule has 2 aromatic heterocycles. The SMILES string of the molecule is O=C1COc2ccc(S(=O)(=O)NC(=O)c3cn4cc(Cl)ccc4n3)cc2N1. The number of carbonyl (C=O) groups is 2. The molecule has 0 saturated heterocycles. The second-order valence-electron chi connectivity index (χ2n) is 5.67. The summed E-state index contributed by atoms with van der Waals surface area (Å²) in [6.45, 7) is -0.145. The van der Waals surface area contributed by atoms with Crippen molar-refractivity contribution in [2.75, 3.05) is 11.9 Å². The van der Waals surface area contributed by atoms with Crippen molar-refractivity contribution in [2.24, 2.45) is 0 Å². The first kappa shape index (κ1) is 17.3. The van der Waals surface area contributed by atoms with E-state index in [0.29, 0.717) is 16.4 Å². The molecule has 0 unspecified atom stereocenters. The van der Waals surface area contributed by atoms with Crippen molar-refractivity contribution in [3.05, 3.63) is 53.4 Å². The lowest BCUT2D eigenvalue weighted by molar-refractivity contribution is -0.118. The van der Waals surface area contributed by atoms with Crippen LogP contribution in [0, 0.1) is 0 Å². The zero-order valence-corrected chi connectivity index (χ0v) is 15.0. The highest BCUT2D eigenvalue weighted by Gasteiger charge is 2.24. The zero-order valence-electron chi connectivity index (χ0n) is 13.5. The van der Waals surface area contributed by atoms with E-state index in [1.807, 2.05) is 4.72 Å². The minimum atomic E-state index is -4.19. The Morgan fingerprint density at radius 2 is 2.07 bits per heavy atom. The number of aromatic nitrogens is 2. The molecule has 138 valence electrons. The molecule has 0 bridgehead atoms. The van der Waals surface area contributed by atoms with E-state index in [9.17, 15) is 18.0 Å². The fraction of sp³-hybridized carbons (Fsp3) is 0.0625. The Morgan fingerprint density at radius 3 is 2.89 bits per heavy atom. The van der Waals surface area contributed by atoms with E-state index >= 15 is 0 Å². The lowest BCUT2D eigenvalue weighted by Crippen LogP contribution is -2.31. The number of hydrogen-bond acceptors (Lipinski definition) is 6. The number of halogens is 1. The molecule has 0 saturated carbocycles. The molecule has 2 amide bonds. The Balaban J connectivity index is 1.61. The van der Waals surface area contributed by atoms with E-state index in [1.54, 1.807) is 18.3 Å². The number of hydrogen-bond donors (Lipinski definition) is 2. The number of ether oxygens (including phenoxy) is 1. The Bertz CT molecular complexity index is 1200. The van der Waals surface area contributed by atoms with Crippen LogP contribution in [0.4, 0.5) is 5.69 Å². The van der Waals surface area contributed by atoms with Crippen molar-refractivity contribution in [3.63, 3.8) is 0 Å². The van der Waals surface area contributed by atoms with E-state index in [-0.39, 0.29) is 22.9 Å². The third-order valence-corrected chi connectivity index (χ3v) is 5.32. The summed E-state index contributed by atoms with van der Waals surface area (Å²) in [6.07, 6.45) is 2.91. The van der Waals surface area contributed by atoms with Gasteiger partial charge in [-0.15, -0.1) is 0 Å². The summed E-state index contributed by atoms with van der Waals surface area (Å²) in [5.41, 5.74) is 0.565. The van der Waals surface area contributed by atoms with Crippen molar-refractivity contribution >= 4 is 44.8 Å². The van der Waals surface area contributed by atoms with Crippen molar-refractivity contribution < 1.29 is 22.7 Å². The van der Waals surface area contributed by atoms with Crippen LogP contribution >= 0.6 is 11.6 Å². The molecule has 0 atom stereocenters. The number of rotatable bonds is 3. The number of fused-ring (bicyclic) bond motifs is 2. The van der Waals surface area contributed by atoms with E-state index in [1.165, 1.54) is 28.8 Å². The molecule has 1 aromatic carbocycles. The van der Waals surface area contributed by atoms with Gasteiger partial charge < -0.3 is 14.5 Å². The van der Waals surface area contributed by atoms with Gasteiger partial charge in [-0.1, -0.05) is 11.6 Å². The predicted octanol–water partition coefficient (Wildman–Crippen LogP) is 1.44. The van der Waals surface area contributed by atoms with Gasteiger partial charge in [-0.05, 0) is 30.3 Å². The number of nitrogens with zero attached hydrogens (tertiary/aromatic N) is 2. The first-order valence-electron chi connectivity index (χ1n) is 7.60. The molecule has 0 radical (unpaired) electrons. The highest BCUT2D eigenvalue weighted by atomic mass is 35.5. The van der Waals surface area contributed by atoms with Crippen LogP contribution in [-0.2, 0) is 14.8 Å². The molecular weight excluding hydrogens is 396 g/mol. The molecule has 2 N–H and O–H groups in total. The summed E-state index contributed by atoms with van der Waals surface area (Å²) in [4.78, 5) is 27.6. The van der Waals surface area contributed by atoms with Crippen LogP contribution < -0.4 is 14.8 Å². The third kappa shape index (κ3) is 3.32. The van der Waals surface area contributed by atoms with Gasteiger partial charge in [-0.25, -0.2) is 18.1 Å². The highest BCUT2D eigenvalue weighted by molar-refractivity contribution is 7.90. The number of benzene rings is 1. The Hall–Kier alpha value is -3.11. The van der Waals surface area contributed by atoms with E-state index in [0.717, 1.165) is 0 Å². The Labute approximate surface area is 158 Å². The second kappa shape index (κ2) is 6.25. The predicted molar refractivity (Wildman–Crippen MR) is 95.4 cm³/mol. The van der Waals surface area contributed by atoms with Crippen LogP contribution in [0.5, 0.6) is 5.75 Å². The quantitative estimate of drug-likeness (QED) is 0.679. The topological polar surface area (TPSA) is 119 Å². The van der Waals surface area contributed by atoms with Gasteiger partial charge in [0.15, 0.2) is 6.61 Å². The average molecular weight is 407 g/mol. The zero-order chi connectivity index (χ0) is 19.2. The van der Waals surface area contributed by atoms with Crippen molar-refractivity contribution in [2.45, 2.75) is 4.90 Å². The van der Waals surface area contributed by atoms with Crippen LogP contribution in [0.3, 0.4) is 0 Å². The number of sulfonamides is 1. The lowest BCUT2D eigenvalue weighted by atomic mass is 10.2. The number of nitrogens with one attached hydrogen (secondary N) is 2. The summed E-state index contributed by atoms with van der Waals surface area (Å²) < 4.78 is 33.7. The molecule has 27 heavy (non-hydrogen) atoms. The molecule has 1 aliphatic heterocycles. The van der Waals surface area contributed by atoms with E-state index < -0.39 is 21.8 Å². The number of imidazole rings is 1. The molecule has 3 aromatic rings. The van der Waals surface area contributed by atoms with Gasteiger partial charge in [-0.2, -0.15) is 0 Å². The fourth-order valence-corrected chi connectivity index (χ4v) is 3.69. The summed E-state index contributed by atoms with van der Waals surface area (Å²) >= 11 is 5.88. The minimum Gasteiger partial charge on any atom is -0.482 e. The largest absolute Gasteiger partial charge is 0.482 e. The minimum absolute atomic E-state index is 0.0876. The van der Waals surface area contributed by atoms with Crippen molar-refractivity contribution in [1.29, 1.82) is 0 Å². The molecule has 9 nitrogen and oxygen atoms in total. The van der Waals surface area contributed by atoms with Gasteiger partial charge in [0.2, 0.25) is 0 Å². The fourth-order valence-electron chi connectivity index (χ4n) is 2.54. The van der Waals surface area contributed by atoms with E-state index in [2.05, 4.69) is 10.3 Å². The molecular formula is C16H11ClN4O5S. The first-order chi connectivity index (χ1) is 12.8. The smallest absolute Gasteiger partial charge is 0.285 e. The van der Waals surface area contributed by atoms with Crippen molar-refractivity contribution in [1.82, 2.24) is 14.1 Å². The monoisotopic (exact) mass is 406 g/mol. The van der Waals surface area contributed by atoms with Crippen LogP contribution in [0.2, 0.25) is 5.02 Å². The maximum atomic E-state index is 12.5. The highest BCUT2D eigenvalue weighted by Crippen LogP contribution is 2.30.